The van der Waals surface area contributed by atoms with E-state index in [1.54, 1.807) is 43.3 Å². The first-order valence-corrected chi connectivity index (χ1v) is 15.1. The quantitative estimate of drug-likeness (QED) is 0.119. The standard InChI is InChI=1S/C35H28N2O8S/c1-22-30(34(40)43-19-18-41-2)31(24-13-15-26(16-14-24)45-33(39)28-12-7-17-42-28)37-32(38)29(46-35(37)36-22)21-23-8-6-11-27(20-23)44-25-9-4-3-5-10-25/h3-17,20-21,31H,18-19H2,1-2H3/b29-21+. The van der Waals surface area contributed by atoms with Crippen LogP contribution in [0.5, 0.6) is 17.2 Å². The van der Waals surface area contributed by atoms with E-state index in [0.717, 1.165) is 5.56 Å². The SMILES string of the molecule is COCCOC(=O)C1=C(C)N=c2s/c(=C/c3cccc(Oc4ccccc4)c3)c(=O)n2C1c1ccc(OC(=O)c2ccco2)cc1. The van der Waals surface area contributed by atoms with Crippen molar-refractivity contribution in [3.8, 4) is 17.2 Å². The van der Waals surface area contributed by atoms with Crippen molar-refractivity contribution in [2.75, 3.05) is 20.3 Å². The number of carbonyl (C=O) groups excluding carboxylic acids is 2. The van der Waals surface area contributed by atoms with Crippen LogP contribution in [0.15, 0.2) is 123 Å². The maximum atomic E-state index is 14.0. The molecule has 0 saturated heterocycles. The Bertz CT molecular complexity index is 2080. The van der Waals surface area contributed by atoms with Gasteiger partial charge in [0.25, 0.3) is 5.56 Å². The molecule has 0 amide bonds. The number of aromatic nitrogens is 1. The molecule has 0 saturated carbocycles. The molecule has 1 aliphatic rings. The van der Waals surface area contributed by atoms with Gasteiger partial charge >= 0.3 is 11.9 Å². The summed E-state index contributed by atoms with van der Waals surface area (Å²) in [4.78, 5) is 44.9. The third kappa shape index (κ3) is 6.60. The van der Waals surface area contributed by atoms with Gasteiger partial charge in [0.1, 0.15) is 23.9 Å². The van der Waals surface area contributed by atoms with Crippen molar-refractivity contribution in [3.05, 3.63) is 145 Å². The lowest BCUT2D eigenvalue weighted by Crippen LogP contribution is -2.40. The Kier molecular flexibility index (Phi) is 9.04. The number of rotatable bonds is 10. The predicted octanol–water partition coefficient (Wildman–Crippen LogP) is 5.03. The van der Waals surface area contributed by atoms with E-state index in [2.05, 4.69) is 4.99 Å². The number of thiazole rings is 1. The Morgan fingerprint density at radius 3 is 2.43 bits per heavy atom. The number of fused-ring (bicyclic) bond motifs is 1. The minimum atomic E-state index is -0.851. The number of ether oxygens (including phenoxy) is 4. The molecule has 1 aliphatic heterocycles. The third-order valence-corrected chi connectivity index (χ3v) is 8.01. The second-order valence-corrected chi connectivity index (χ2v) is 11.1. The Hall–Kier alpha value is -5.52. The normalized spacial score (nSPS) is 14.4. The zero-order valence-corrected chi connectivity index (χ0v) is 25.7. The molecule has 0 spiro atoms. The second kappa shape index (κ2) is 13.6. The number of esters is 2. The zero-order valence-electron chi connectivity index (χ0n) is 24.9. The first-order valence-electron chi connectivity index (χ1n) is 14.3. The number of nitrogens with zero attached hydrogens (tertiary/aromatic N) is 2. The molecule has 0 radical (unpaired) electrons. The van der Waals surface area contributed by atoms with E-state index in [0.29, 0.717) is 32.1 Å². The molecule has 0 fully saturated rings. The van der Waals surface area contributed by atoms with Gasteiger partial charge in [-0.15, -0.1) is 0 Å². The minimum absolute atomic E-state index is 0.0340. The molecule has 6 rings (SSSR count). The van der Waals surface area contributed by atoms with Gasteiger partial charge in [-0.25, -0.2) is 14.6 Å². The number of para-hydroxylation sites is 1. The van der Waals surface area contributed by atoms with Crippen LogP contribution in [0.2, 0.25) is 0 Å². The largest absolute Gasteiger partial charge is 0.460 e. The number of methoxy groups -OCH3 is 1. The Morgan fingerprint density at radius 1 is 0.913 bits per heavy atom. The van der Waals surface area contributed by atoms with E-state index >= 15 is 0 Å². The fraction of sp³-hybridized carbons (Fsp3) is 0.143. The Labute approximate surface area is 267 Å². The molecule has 46 heavy (non-hydrogen) atoms. The van der Waals surface area contributed by atoms with Crippen LogP contribution in [0, 0.1) is 0 Å². The van der Waals surface area contributed by atoms with E-state index in [-0.39, 0.29) is 35.9 Å². The van der Waals surface area contributed by atoms with Gasteiger partial charge in [-0.05, 0) is 72.7 Å². The summed E-state index contributed by atoms with van der Waals surface area (Å²) in [6, 6.07) is 25.6. The van der Waals surface area contributed by atoms with Crippen molar-refractivity contribution in [2.24, 2.45) is 4.99 Å². The van der Waals surface area contributed by atoms with E-state index in [1.165, 1.54) is 35.3 Å². The Morgan fingerprint density at radius 2 is 1.70 bits per heavy atom. The number of hydrogen-bond acceptors (Lipinski definition) is 10. The van der Waals surface area contributed by atoms with E-state index in [9.17, 15) is 14.4 Å². The number of carbonyl (C=O) groups is 2. The molecule has 11 heteroatoms. The van der Waals surface area contributed by atoms with Crippen molar-refractivity contribution in [3.63, 3.8) is 0 Å². The van der Waals surface area contributed by atoms with Crippen LogP contribution in [0.3, 0.4) is 0 Å². The summed E-state index contributed by atoms with van der Waals surface area (Å²) >= 11 is 1.22. The van der Waals surface area contributed by atoms with E-state index in [1.807, 2.05) is 54.6 Å². The second-order valence-electron chi connectivity index (χ2n) is 10.1. The summed E-state index contributed by atoms with van der Waals surface area (Å²) in [7, 11) is 1.51. The van der Waals surface area contributed by atoms with E-state index < -0.39 is 18.0 Å². The number of furan rings is 1. The fourth-order valence-electron chi connectivity index (χ4n) is 4.91. The summed E-state index contributed by atoms with van der Waals surface area (Å²) in [5.41, 5.74) is 1.66. The van der Waals surface area contributed by atoms with Crippen LogP contribution in [0.4, 0.5) is 0 Å². The van der Waals surface area contributed by atoms with Gasteiger partial charge in [0.2, 0.25) is 5.76 Å². The fourth-order valence-corrected chi connectivity index (χ4v) is 5.95. The lowest BCUT2D eigenvalue weighted by atomic mass is 9.96. The van der Waals surface area contributed by atoms with E-state index in [4.69, 9.17) is 23.4 Å². The minimum Gasteiger partial charge on any atom is -0.460 e. The summed E-state index contributed by atoms with van der Waals surface area (Å²) in [5.74, 6) is 0.378. The summed E-state index contributed by atoms with van der Waals surface area (Å²) in [6.07, 6.45) is 3.15. The van der Waals surface area contributed by atoms with Crippen LogP contribution in [-0.4, -0.2) is 36.8 Å². The number of hydrogen-bond donors (Lipinski definition) is 0. The van der Waals surface area contributed by atoms with Crippen molar-refractivity contribution >= 4 is 29.4 Å². The third-order valence-electron chi connectivity index (χ3n) is 7.03. The predicted molar refractivity (Wildman–Crippen MR) is 170 cm³/mol. The van der Waals surface area contributed by atoms with Crippen molar-refractivity contribution in [2.45, 2.75) is 13.0 Å². The van der Waals surface area contributed by atoms with Gasteiger partial charge < -0.3 is 23.4 Å². The van der Waals surface area contributed by atoms with Crippen molar-refractivity contribution in [1.29, 1.82) is 0 Å². The van der Waals surface area contributed by atoms with Gasteiger partial charge in [0, 0.05) is 7.11 Å². The zero-order chi connectivity index (χ0) is 32.0. The molecular formula is C35H28N2O8S. The summed E-state index contributed by atoms with van der Waals surface area (Å²) < 4.78 is 28.9. The maximum absolute atomic E-state index is 14.0. The highest BCUT2D eigenvalue weighted by molar-refractivity contribution is 7.07. The van der Waals surface area contributed by atoms with Crippen LogP contribution >= 0.6 is 11.3 Å². The summed E-state index contributed by atoms with van der Waals surface area (Å²) in [5, 5.41) is 0. The monoisotopic (exact) mass is 636 g/mol. The molecule has 0 aliphatic carbocycles. The highest BCUT2D eigenvalue weighted by Gasteiger charge is 2.33. The molecular weight excluding hydrogens is 608 g/mol. The van der Waals surface area contributed by atoms with Gasteiger partial charge in [-0.1, -0.05) is 53.8 Å². The lowest BCUT2D eigenvalue weighted by Gasteiger charge is -2.25. The van der Waals surface area contributed by atoms with Gasteiger partial charge in [-0.3, -0.25) is 9.36 Å². The average molecular weight is 637 g/mol. The molecule has 2 aromatic heterocycles. The molecule has 3 aromatic carbocycles. The maximum Gasteiger partial charge on any atom is 0.379 e. The summed E-state index contributed by atoms with van der Waals surface area (Å²) in [6.45, 7) is 1.96. The van der Waals surface area contributed by atoms with Crippen LogP contribution < -0.4 is 24.4 Å². The van der Waals surface area contributed by atoms with Crippen molar-refractivity contribution < 1.29 is 33.0 Å². The Balaban J connectivity index is 1.37. The van der Waals surface area contributed by atoms with Crippen LogP contribution in [0.1, 0.15) is 34.6 Å². The molecule has 232 valence electrons. The molecule has 0 bridgehead atoms. The molecule has 5 aromatic rings. The highest BCUT2D eigenvalue weighted by atomic mass is 32.1. The first kappa shape index (κ1) is 30.5. The first-order chi connectivity index (χ1) is 22.4. The molecule has 10 nitrogen and oxygen atoms in total. The van der Waals surface area contributed by atoms with Crippen LogP contribution in [-0.2, 0) is 14.3 Å². The van der Waals surface area contributed by atoms with Gasteiger partial charge in [0.15, 0.2) is 4.80 Å². The molecule has 1 unspecified atom stereocenters. The average Bonchev–Trinajstić information content (AvgIpc) is 3.70. The van der Waals surface area contributed by atoms with Gasteiger partial charge in [0.05, 0.1) is 34.7 Å². The molecule has 3 heterocycles. The molecule has 1 atom stereocenters. The number of allylic oxidation sites excluding steroid dienone is 1. The van der Waals surface area contributed by atoms with Crippen LogP contribution in [0.25, 0.3) is 6.08 Å². The lowest BCUT2D eigenvalue weighted by molar-refractivity contribution is -0.140. The highest BCUT2D eigenvalue weighted by Crippen LogP contribution is 2.32. The molecule has 0 N–H and O–H groups in total. The smallest absolute Gasteiger partial charge is 0.379 e. The van der Waals surface area contributed by atoms with Crippen molar-refractivity contribution in [1.82, 2.24) is 4.57 Å². The van der Waals surface area contributed by atoms with Gasteiger partial charge in [-0.2, -0.15) is 0 Å². The number of benzene rings is 3. The topological polar surface area (TPSA) is 119 Å².